The molecule has 2 rings (SSSR count). The quantitative estimate of drug-likeness (QED) is 0.834. The number of hydrogen-bond donors (Lipinski definition) is 1. The van der Waals surface area contributed by atoms with Crippen LogP contribution in [0.25, 0.3) is 11.3 Å². The Morgan fingerprint density at radius 1 is 1.18 bits per heavy atom. The maximum absolute atomic E-state index is 12.4. The molecule has 0 aliphatic heterocycles. The Labute approximate surface area is 132 Å². The molecule has 2 aromatic rings. The molecule has 1 aromatic carbocycles. The second kappa shape index (κ2) is 7.36. The number of nitrogens with one attached hydrogen (secondary N) is 1. The largest absolute Gasteiger partial charge is 0.312 e. The van der Waals surface area contributed by atoms with E-state index in [0.29, 0.717) is 13.1 Å². The Bertz CT molecular complexity index is 704. The van der Waals surface area contributed by atoms with Gasteiger partial charge < -0.3 is 5.32 Å². The van der Waals surface area contributed by atoms with E-state index in [1.807, 2.05) is 13.0 Å². The standard InChI is InChI=1S/C18H25N3O/c1-5-9-19-12-15-11-17(20-21(6-2)18(15)22)16-8-7-13(3)10-14(16)4/h7-8,10-11,19H,5-6,9,12H2,1-4H3. The zero-order valence-corrected chi connectivity index (χ0v) is 13.9. The van der Waals surface area contributed by atoms with Gasteiger partial charge in [0, 0.05) is 24.2 Å². The molecule has 0 aliphatic rings. The highest BCUT2D eigenvalue weighted by Crippen LogP contribution is 2.22. The Morgan fingerprint density at radius 3 is 2.59 bits per heavy atom. The molecule has 1 heterocycles. The number of nitrogens with zero attached hydrogens (tertiary/aromatic N) is 2. The number of benzene rings is 1. The Morgan fingerprint density at radius 2 is 1.95 bits per heavy atom. The summed E-state index contributed by atoms with van der Waals surface area (Å²) in [4.78, 5) is 12.4. The van der Waals surface area contributed by atoms with E-state index < -0.39 is 0 Å². The highest BCUT2D eigenvalue weighted by atomic mass is 16.1. The minimum Gasteiger partial charge on any atom is -0.312 e. The lowest BCUT2D eigenvalue weighted by atomic mass is 10.0. The molecule has 0 aliphatic carbocycles. The predicted molar refractivity (Wildman–Crippen MR) is 91.1 cm³/mol. The second-order valence-electron chi connectivity index (χ2n) is 5.67. The first-order valence-corrected chi connectivity index (χ1v) is 7.96. The smallest absolute Gasteiger partial charge is 0.271 e. The van der Waals surface area contributed by atoms with Crippen LogP contribution in [0, 0.1) is 13.8 Å². The Balaban J connectivity index is 2.47. The van der Waals surface area contributed by atoms with Gasteiger partial charge in [0.25, 0.3) is 5.56 Å². The normalized spacial score (nSPS) is 10.9. The third kappa shape index (κ3) is 3.63. The van der Waals surface area contributed by atoms with E-state index in [9.17, 15) is 4.79 Å². The third-order valence-corrected chi connectivity index (χ3v) is 3.75. The molecule has 22 heavy (non-hydrogen) atoms. The SMILES string of the molecule is CCCNCc1cc(-c2ccc(C)cc2C)nn(CC)c1=O. The van der Waals surface area contributed by atoms with Gasteiger partial charge in [-0.2, -0.15) is 5.10 Å². The van der Waals surface area contributed by atoms with Crippen molar-refractivity contribution in [3.63, 3.8) is 0 Å². The zero-order valence-electron chi connectivity index (χ0n) is 13.9. The van der Waals surface area contributed by atoms with Gasteiger partial charge >= 0.3 is 0 Å². The summed E-state index contributed by atoms with van der Waals surface area (Å²) < 4.78 is 1.55. The number of aryl methyl sites for hydroxylation is 3. The molecule has 0 saturated heterocycles. The molecular weight excluding hydrogens is 274 g/mol. The van der Waals surface area contributed by atoms with Gasteiger partial charge in [0.1, 0.15) is 0 Å². The van der Waals surface area contributed by atoms with Crippen LogP contribution in [0.3, 0.4) is 0 Å². The molecule has 0 unspecified atom stereocenters. The lowest BCUT2D eigenvalue weighted by Gasteiger charge is -2.12. The van der Waals surface area contributed by atoms with Gasteiger partial charge in [-0.05, 0) is 45.4 Å². The van der Waals surface area contributed by atoms with Crippen molar-refractivity contribution in [1.82, 2.24) is 15.1 Å². The molecule has 4 nitrogen and oxygen atoms in total. The summed E-state index contributed by atoms with van der Waals surface area (Å²) in [7, 11) is 0. The fraction of sp³-hybridized carbons (Fsp3) is 0.444. The predicted octanol–water partition coefficient (Wildman–Crippen LogP) is 3.05. The number of rotatable bonds is 6. The van der Waals surface area contributed by atoms with Crippen LogP contribution in [-0.4, -0.2) is 16.3 Å². The fourth-order valence-corrected chi connectivity index (χ4v) is 2.57. The second-order valence-corrected chi connectivity index (χ2v) is 5.67. The minimum absolute atomic E-state index is 0.000354. The van der Waals surface area contributed by atoms with Crippen molar-refractivity contribution >= 4 is 0 Å². The van der Waals surface area contributed by atoms with E-state index in [-0.39, 0.29) is 5.56 Å². The van der Waals surface area contributed by atoms with Crippen LogP contribution >= 0.6 is 0 Å². The van der Waals surface area contributed by atoms with E-state index in [2.05, 4.69) is 49.4 Å². The number of aromatic nitrogens is 2. The molecule has 4 heteroatoms. The van der Waals surface area contributed by atoms with Crippen LogP contribution in [0.1, 0.15) is 37.0 Å². The molecule has 0 bridgehead atoms. The first kappa shape index (κ1) is 16.4. The van der Waals surface area contributed by atoms with Gasteiger partial charge in [-0.1, -0.05) is 30.7 Å². The fourth-order valence-electron chi connectivity index (χ4n) is 2.57. The lowest BCUT2D eigenvalue weighted by molar-refractivity contribution is 0.596. The van der Waals surface area contributed by atoms with Crippen LogP contribution in [0.15, 0.2) is 29.1 Å². The molecule has 0 fully saturated rings. The van der Waals surface area contributed by atoms with E-state index in [0.717, 1.165) is 29.8 Å². The summed E-state index contributed by atoms with van der Waals surface area (Å²) in [6, 6.07) is 8.24. The van der Waals surface area contributed by atoms with Gasteiger partial charge in [0.05, 0.1) is 5.69 Å². The van der Waals surface area contributed by atoms with Gasteiger partial charge in [-0.3, -0.25) is 4.79 Å². The van der Waals surface area contributed by atoms with Gasteiger partial charge in [-0.25, -0.2) is 4.68 Å². The highest BCUT2D eigenvalue weighted by molar-refractivity contribution is 5.64. The number of hydrogen-bond acceptors (Lipinski definition) is 3. The van der Waals surface area contributed by atoms with Crippen molar-refractivity contribution < 1.29 is 0 Å². The molecule has 0 radical (unpaired) electrons. The van der Waals surface area contributed by atoms with Gasteiger partial charge in [0.2, 0.25) is 0 Å². The summed E-state index contributed by atoms with van der Waals surface area (Å²) in [5, 5.41) is 7.82. The third-order valence-electron chi connectivity index (χ3n) is 3.75. The van der Waals surface area contributed by atoms with E-state index in [4.69, 9.17) is 0 Å². The zero-order chi connectivity index (χ0) is 16.1. The average Bonchev–Trinajstić information content (AvgIpc) is 2.49. The molecule has 0 atom stereocenters. The first-order valence-electron chi connectivity index (χ1n) is 7.96. The maximum atomic E-state index is 12.4. The molecular formula is C18H25N3O. The van der Waals surface area contributed by atoms with Crippen LogP contribution in [0.2, 0.25) is 0 Å². The molecule has 118 valence electrons. The van der Waals surface area contributed by atoms with E-state index in [1.165, 1.54) is 11.1 Å². The van der Waals surface area contributed by atoms with Crippen molar-refractivity contribution in [1.29, 1.82) is 0 Å². The highest BCUT2D eigenvalue weighted by Gasteiger charge is 2.10. The first-order chi connectivity index (χ1) is 10.6. The molecule has 1 aromatic heterocycles. The van der Waals surface area contributed by atoms with Crippen molar-refractivity contribution in [3.8, 4) is 11.3 Å². The van der Waals surface area contributed by atoms with Crippen molar-refractivity contribution in [2.75, 3.05) is 6.54 Å². The van der Waals surface area contributed by atoms with Gasteiger partial charge in [0.15, 0.2) is 0 Å². The van der Waals surface area contributed by atoms with Crippen LogP contribution in [0.4, 0.5) is 0 Å². The average molecular weight is 299 g/mol. The molecule has 0 spiro atoms. The monoisotopic (exact) mass is 299 g/mol. The topological polar surface area (TPSA) is 46.9 Å². The summed E-state index contributed by atoms with van der Waals surface area (Å²) in [5.74, 6) is 0. The van der Waals surface area contributed by atoms with Crippen LogP contribution < -0.4 is 10.9 Å². The van der Waals surface area contributed by atoms with E-state index in [1.54, 1.807) is 4.68 Å². The summed E-state index contributed by atoms with van der Waals surface area (Å²) in [5.41, 5.74) is 5.15. The van der Waals surface area contributed by atoms with Crippen LogP contribution in [0.5, 0.6) is 0 Å². The summed E-state index contributed by atoms with van der Waals surface area (Å²) in [6.07, 6.45) is 1.05. The van der Waals surface area contributed by atoms with E-state index >= 15 is 0 Å². The summed E-state index contributed by atoms with van der Waals surface area (Å²) >= 11 is 0. The lowest BCUT2D eigenvalue weighted by Crippen LogP contribution is -2.29. The van der Waals surface area contributed by atoms with Crippen molar-refractivity contribution in [3.05, 3.63) is 51.3 Å². The van der Waals surface area contributed by atoms with Crippen molar-refractivity contribution in [2.24, 2.45) is 0 Å². The molecule has 0 amide bonds. The molecule has 1 N–H and O–H groups in total. The Kier molecular flexibility index (Phi) is 5.50. The van der Waals surface area contributed by atoms with Gasteiger partial charge in [-0.15, -0.1) is 0 Å². The van der Waals surface area contributed by atoms with Crippen molar-refractivity contribution in [2.45, 2.75) is 47.2 Å². The maximum Gasteiger partial charge on any atom is 0.271 e. The molecule has 0 saturated carbocycles. The minimum atomic E-state index is -0.000354. The van der Waals surface area contributed by atoms with Crippen LogP contribution in [-0.2, 0) is 13.1 Å². The summed E-state index contributed by atoms with van der Waals surface area (Å²) in [6.45, 7) is 10.3. The Hall–Kier alpha value is -1.94.